The third kappa shape index (κ3) is 3.16. The number of hydrogen-bond donors (Lipinski definition) is 0. The molecule has 0 amide bonds. The van der Waals surface area contributed by atoms with Crippen molar-refractivity contribution in [1.82, 2.24) is 0 Å². The lowest BCUT2D eigenvalue weighted by molar-refractivity contribution is -0.237. The first-order valence-electron chi connectivity index (χ1n) is 6.18. The zero-order chi connectivity index (χ0) is 10.7. The molecular weight excluding hydrogens is 192 g/mol. The maximum atomic E-state index is 5.97. The Morgan fingerprint density at radius 3 is 2.67 bits per heavy atom. The molecular formula is C12H22O3. The van der Waals surface area contributed by atoms with Gasteiger partial charge in [-0.2, -0.15) is 0 Å². The summed E-state index contributed by atoms with van der Waals surface area (Å²) in [5.74, 6) is 0. The van der Waals surface area contributed by atoms with Gasteiger partial charge in [0.15, 0.2) is 6.29 Å². The first-order chi connectivity index (χ1) is 7.25. The van der Waals surface area contributed by atoms with Gasteiger partial charge in [0, 0.05) is 6.61 Å². The van der Waals surface area contributed by atoms with Gasteiger partial charge >= 0.3 is 0 Å². The second-order valence-corrected chi connectivity index (χ2v) is 4.70. The van der Waals surface area contributed by atoms with Crippen LogP contribution in [-0.4, -0.2) is 31.2 Å². The highest BCUT2D eigenvalue weighted by molar-refractivity contribution is 4.73. The minimum Gasteiger partial charge on any atom is -0.376 e. The van der Waals surface area contributed by atoms with Crippen molar-refractivity contribution < 1.29 is 14.2 Å². The highest BCUT2D eigenvalue weighted by Gasteiger charge is 2.28. The van der Waals surface area contributed by atoms with Crippen molar-refractivity contribution in [3.8, 4) is 0 Å². The van der Waals surface area contributed by atoms with Gasteiger partial charge in [-0.05, 0) is 46.0 Å². The van der Waals surface area contributed by atoms with E-state index in [0.29, 0.717) is 6.10 Å². The Hall–Kier alpha value is -0.120. The summed E-state index contributed by atoms with van der Waals surface area (Å²) in [6.07, 6.45) is 6.44. The lowest BCUT2D eigenvalue weighted by Gasteiger charge is -2.35. The van der Waals surface area contributed by atoms with Crippen LogP contribution in [0.2, 0.25) is 0 Å². The van der Waals surface area contributed by atoms with Crippen molar-refractivity contribution >= 4 is 0 Å². The molecule has 0 aliphatic carbocycles. The van der Waals surface area contributed by atoms with Crippen molar-refractivity contribution in [2.45, 2.75) is 70.6 Å². The Bertz CT molecular complexity index is 195. The topological polar surface area (TPSA) is 27.7 Å². The summed E-state index contributed by atoms with van der Waals surface area (Å²) in [7, 11) is 0. The molecule has 0 aromatic carbocycles. The molecule has 0 saturated carbocycles. The highest BCUT2D eigenvalue weighted by atomic mass is 16.7. The molecule has 3 heteroatoms. The fraction of sp³-hybridized carbons (Fsp3) is 1.00. The lowest BCUT2D eigenvalue weighted by Crippen LogP contribution is -2.39. The molecule has 3 nitrogen and oxygen atoms in total. The van der Waals surface area contributed by atoms with E-state index in [2.05, 4.69) is 13.8 Å². The van der Waals surface area contributed by atoms with Crippen molar-refractivity contribution in [3.63, 3.8) is 0 Å². The normalized spacial score (nSPS) is 42.8. The van der Waals surface area contributed by atoms with Gasteiger partial charge in [0.25, 0.3) is 0 Å². The first kappa shape index (κ1) is 11.4. The average Bonchev–Trinajstić information content (AvgIpc) is 2.22. The van der Waals surface area contributed by atoms with E-state index in [1.165, 1.54) is 6.42 Å². The molecule has 0 radical (unpaired) electrons. The molecule has 2 fully saturated rings. The van der Waals surface area contributed by atoms with Gasteiger partial charge in [-0.1, -0.05) is 0 Å². The fourth-order valence-electron chi connectivity index (χ4n) is 2.34. The second-order valence-electron chi connectivity index (χ2n) is 4.70. The summed E-state index contributed by atoms with van der Waals surface area (Å²) in [6, 6.07) is 0. The van der Waals surface area contributed by atoms with Crippen LogP contribution < -0.4 is 0 Å². The Morgan fingerprint density at radius 2 is 1.93 bits per heavy atom. The standard InChI is InChI=1S/C12H22O3/c1-9-5-3-7-12(14-9)15-11-6-4-8-13-10(11)2/h9-12H,3-8H2,1-2H3. The summed E-state index contributed by atoms with van der Waals surface area (Å²) < 4.78 is 17.3. The van der Waals surface area contributed by atoms with Gasteiger partial charge in [-0.3, -0.25) is 0 Å². The molecule has 0 spiro atoms. The third-order valence-corrected chi connectivity index (χ3v) is 3.30. The largest absolute Gasteiger partial charge is 0.376 e. The lowest BCUT2D eigenvalue weighted by atomic mass is 10.1. The Morgan fingerprint density at radius 1 is 1.07 bits per heavy atom. The zero-order valence-electron chi connectivity index (χ0n) is 9.78. The predicted molar refractivity (Wildman–Crippen MR) is 57.7 cm³/mol. The van der Waals surface area contributed by atoms with Crippen LogP contribution in [0, 0.1) is 0 Å². The van der Waals surface area contributed by atoms with E-state index < -0.39 is 0 Å². The Kier molecular flexibility index (Phi) is 4.00. The van der Waals surface area contributed by atoms with Crippen LogP contribution in [0.1, 0.15) is 46.0 Å². The van der Waals surface area contributed by atoms with Gasteiger partial charge in [0.05, 0.1) is 18.3 Å². The zero-order valence-corrected chi connectivity index (χ0v) is 9.78. The molecule has 4 unspecified atom stereocenters. The van der Waals surface area contributed by atoms with E-state index in [0.717, 1.165) is 32.3 Å². The molecule has 2 aliphatic rings. The monoisotopic (exact) mass is 214 g/mol. The minimum atomic E-state index is 0.00269. The second kappa shape index (κ2) is 5.28. The number of rotatable bonds is 2. The Balaban J connectivity index is 1.79. The average molecular weight is 214 g/mol. The van der Waals surface area contributed by atoms with Gasteiger partial charge in [0.1, 0.15) is 0 Å². The van der Waals surface area contributed by atoms with E-state index >= 15 is 0 Å². The number of ether oxygens (including phenoxy) is 3. The smallest absolute Gasteiger partial charge is 0.158 e. The summed E-state index contributed by atoms with van der Waals surface area (Å²) in [6.45, 7) is 5.09. The molecule has 0 aromatic rings. The molecule has 0 bridgehead atoms. The third-order valence-electron chi connectivity index (χ3n) is 3.30. The van der Waals surface area contributed by atoms with Crippen molar-refractivity contribution in [2.75, 3.05) is 6.61 Å². The molecule has 2 saturated heterocycles. The van der Waals surface area contributed by atoms with Crippen LogP contribution in [0.15, 0.2) is 0 Å². The molecule has 2 aliphatic heterocycles. The van der Waals surface area contributed by atoms with Crippen molar-refractivity contribution in [3.05, 3.63) is 0 Å². The number of hydrogen-bond acceptors (Lipinski definition) is 3. The molecule has 0 aromatic heterocycles. The quantitative estimate of drug-likeness (QED) is 0.707. The van der Waals surface area contributed by atoms with Crippen LogP contribution in [0.3, 0.4) is 0 Å². The summed E-state index contributed by atoms with van der Waals surface area (Å²) in [5.41, 5.74) is 0. The van der Waals surface area contributed by atoms with Gasteiger partial charge in [-0.15, -0.1) is 0 Å². The van der Waals surface area contributed by atoms with Crippen molar-refractivity contribution in [2.24, 2.45) is 0 Å². The molecule has 2 rings (SSSR count). The van der Waals surface area contributed by atoms with E-state index in [-0.39, 0.29) is 18.5 Å². The van der Waals surface area contributed by atoms with E-state index in [9.17, 15) is 0 Å². The van der Waals surface area contributed by atoms with Crippen LogP contribution in [0.4, 0.5) is 0 Å². The minimum absolute atomic E-state index is 0.00269. The summed E-state index contributed by atoms with van der Waals surface area (Å²) in [5, 5.41) is 0. The fourth-order valence-corrected chi connectivity index (χ4v) is 2.34. The van der Waals surface area contributed by atoms with Crippen LogP contribution in [0.25, 0.3) is 0 Å². The predicted octanol–water partition coefficient (Wildman–Crippen LogP) is 2.49. The van der Waals surface area contributed by atoms with Gasteiger partial charge in [0.2, 0.25) is 0 Å². The van der Waals surface area contributed by atoms with E-state index in [1.54, 1.807) is 0 Å². The summed E-state index contributed by atoms with van der Waals surface area (Å²) in [4.78, 5) is 0. The van der Waals surface area contributed by atoms with Crippen LogP contribution >= 0.6 is 0 Å². The highest BCUT2D eigenvalue weighted by Crippen LogP contribution is 2.24. The van der Waals surface area contributed by atoms with Crippen LogP contribution in [-0.2, 0) is 14.2 Å². The van der Waals surface area contributed by atoms with Gasteiger partial charge in [-0.25, -0.2) is 0 Å². The van der Waals surface area contributed by atoms with Crippen LogP contribution in [0.5, 0.6) is 0 Å². The first-order valence-corrected chi connectivity index (χ1v) is 6.18. The van der Waals surface area contributed by atoms with E-state index in [1.807, 2.05) is 0 Å². The van der Waals surface area contributed by atoms with E-state index in [4.69, 9.17) is 14.2 Å². The molecule has 15 heavy (non-hydrogen) atoms. The van der Waals surface area contributed by atoms with Gasteiger partial charge < -0.3 is 14.2 Å². The molecule has 0 N–H and O–H groups in total. The molecule has 4 atom stereocenters. The molecule has 88 valence electrons. The van der Waals surface area contributed by atoms with Crippen molar-refractivity contribution in [1.29, 1.82) is 0 Å². The molecule has 2 heterocycles. The SMILES string of the molecule is CC1CCCC(OC2CCCOC2C)O1. The summed E-state index contributed by atoms with van der Waals surface area (Å²) >= 11 is 0. The Labute approximate surface area is 92.1 Å². The maximum Gasteiger partial charge on any atom is 0.158 e. The maximum absolute atomic E-state index is 5.97.